The monoisotopic (exact) mass is 238 g/mol. The molecule has 1 heterocycles. The summed E-state index contributed by atoms with van der Waals surface area (Å²) in [6.45, 7) is 2.44. The molecule has 2 aromatic carbocycles. The van der Waals surface area contributed by atoms with Gasteiger partial charge in [-0.1, -0.05) is 84.4 Å². The molecule has 1 unspecified atom stereocenters. The second-order valence-corrected chi connectivity index (χ2v) is 9.73. The van der Waals surface area contributed by atoms with Crippen molar-refractivity contribution in [1.29, 1.82) is 0 Å². The van der Waals surface area contributed by atoms with Crippen LogP contribution < -0.4 is 10.4 Å². The molecule has 1 fully saturated rings. The Morgan fingerprint density at radius 1 is 0.824 bits per heavy atom. The molecule has 86 valence electrons. The van der Waals surface area contributed by atoms with E-state index >= 15 is 0 Å². The van der Waals surface area contributed by atoms with Crippen molar-refractivity contribution in [1.82, 2.24) is 0 Å². The van der Waals surface area contributed by atoms with Crippen LogP contribution in [0, 0.1) is 0 Å². The van der Waals surface area contributed by atoms with E-state index in [-0.39, 0.29) is 0 Å². The lowest BCUT2D eigenvalue weighted by Gasteiger charge is -2.47. The van der Waals surface area contributed by atoms with Crippen LogP contribution in [0.1, 0.15) is 13.3 Å². The molecule has 0 radical (unpaired) electrons. The van der Waals surface area contributed by atoms with Gasteiger partial charge in [-0.3, -0.25) is 0 Å². The minimum atomic E-state index is -1.40. The third-order valence-electron chi connectivity index (χ3n) is 4.39. The summed E-state index contributed by atoms with van der Waals surface area (Å²) < 4.78 is 0. The van der Waals surface area contributed by atoms with Crippen LogP contribution in [0.3, 0.4) is 0 Å². The third kappa shape index (κ3) is 1.57. The normalized spacial score (nSPS) is 21.8. The molecule has 1 aliphatic heterocycles. The first-order chi connectivity index (χ1) is 8.34. The quantitative estimate of drug-likeness (QED) is 0.706. The molecule has 0 aliphatic carbocycles. The Kier molecular flexibility index (Phi) is 2.64. The fraction of sp³-hybridized carbons (Fsp3) is 0.250. The first-order valence-electron chi connectivity index (χ1n) is 6.45. The predicted molar refractivity (Wildman–Crippen MR) is 76.8 cm³/mol. The van der Waals surface area contributed by atoms with E-state index in [1.807, 2.05) is 0 Å². The topological polar surface area (TPSA) is 0 Å². The highest BCUT2D eigenvalue weighted by Gasteiger charge is 2.48. The first kappa shape index (κ1) is 10.8. The van der Waals surface area contributed by atoms with Gasteiger partial charge in [-0.15, -0.1) is 0 Å². The zero-order valence-electron chi connectivity index (χ0n) is 10.3. The predicted octanol–water partition coefficient (Wildman–Crippen LogP) is 3.04. The molecule has 0 amide bonds. The van der Waals surface area contributed by atoms with Crippen molar-refractivity contribution in [3.63, 3.8) is 0 Å². The van der Waals surface area contributed by atoms with E-state index in [0.717, 1.165) is 5.54 Å². The Balaban J connectivity index is 2.12. The van der Waals surface area contributed by atoms with E-state index in [1.54, 1.807) is 10.4 Å². The highest BCUT2D eigenvalue weighted by Crippen LogP contribution is 2.41. The molecule has 1 heteroatoms. The lowest BCUT2D eigenvalue weighted by Crippen LogP contribution is -2.66. The first-order valence-corrected chi connectivity index (χ1v) is 8.73. The highest BCUT2D eigenvalue weighted by atomic mass is 28.3. The molecular formula is C16H18Si. The molecule has 2 aromatic rings. The lowest BCUT2D eigenvalue weighted by atomic mass is 10.3. The van der Waals surface area contributed by atoms with Gasteiger partial charge in [-0.2, -0.15) is 0 Å². The van der Waals surface area contributed by atoms with Gasteiger partial charge in [0.15, 0.2) is 0 Å². The molecule has 1 aliphatic rings. The van der Waals surface area contributed by atoms with Gasteiger partial charge in [-0.25, -0.2) is 0 Å². The van der Waals surface area contributed by atoms with Crippen LogP contribution in [0.4, 0.5) is 0 Å². The van der Waals surface area contributed by atoms with Gasteiger partial charge >= 0.3 is 0 Å². The molecule has 3 rings (SSSR count). The Labute approximate surface area is 104 Å². The lowest BCUT2D eigenvalue weighted by molar-refractivity contribution is 0.751. The maximum atomic E-state index is 2.44. The van der Waals surface area contributed by atoms with E-state index in [9.17, 15) is 0 Å². The average molecular weight is 238 g/mol. The highest BCUT2D eigenvalue weighted by molar-refractivity contribution is 7.05. The van der Waals surface area contributed by atoms with Crippen LogP contribution >= 0.6 is 0 Å². The van der Waals surface area contributed by atoms with Gasteiger partial charge in [-0.05, 0) is 11.6 Å². The molecule has 0 saturated carbocycles. The van der Waals surface area contributed by atoms with E-state index in [4.69, 9.17) is 0 Å². The number of benzene rings is 2. The molecule has 0 spiro atoms. The zero-order valence-corrected chi connectivity index (χ0v) is 11.3. The zero-order chi connectivity index (χ0) is 11.7. The fourth-order valence-corrected chi connectivity index (χ4v) is 8.28. The standard InChI is InChI=1S/C16H18Si/c1-14-12-13-17(14,15-8-4-2-5-9-15)16-10-6-3-7-11-16/h2-11,14H,12-13H2,1H3. The van der Waals surface area contributed by atoms with Gasteiger partial charge in [0.05, 0.1) is 0 Å². The smallest absolute Gasteiger partial charge is 0.0643 e. The maximum absolute atomic E-state index is 2.44. The summed E-state index contributed by atoms with van der Waals surface area (Å²) >= 11 is 0. The van der Waals surface area contributed by atoms with Crippen LogP contribution in [0.5, 0.6) is 0 Å². The summed E-state index contributed by atoms with van der Waals surface area (Å²) in [7, 11) is -1.40. The summed E-state index contributed by atoms with van der Waals surface area (Å²) in [6.07, 6.45) is 1.40. The second-order valence-electron chi connectivity index (χ2n) is 5.14. The van der Waals surface area contributed by atoms with Crippen LogP contribution in [-0.4, -0.2) is 8.07 Å². The fourth-order valence-electron chi connectivity index (χ4n) is 3.22. The van der Waals surface area contributed by atoms with Crippen molar-refractivity contribution in [3.05, 3.63) is 60.7 Å². The van der Waals surface area contributed by atoms with Crippen LogP contribution in [0.15, 0.2) is 60.7 Å². The van der Waals surface area contributed by atoms with Crippen molar-refractivity contribution in [2.24, 2.45) is 0 Å². The summed E-state index contributed by atoms with van der Waals surface area (Å²) in [5, 5.41) is 3.23. The number of hydrogen-bond donors (Lipinski definition) is 0. The molecule has 0 nitrogen and oxygen atoms in total. The van der Waals surface area contributed by atoms with Crippen LogP contribution in [0.2, 0.25) is 11.6 Å². The van der Waals surface area contributed by atoms with Crippen molar-refractivity contribution in [2.45, 2.75) is 24.9 Å². The van der Waals surface area contributed by atoms with Gasteiger partial charge in [0, 0.05) is 0 Å². The average Bonchev–Trinajstić information content (AvgIpc) is 2.40. The molecule has 0 N–H and O–H groups in total. The van der Waals surface area contributed by atoms with Gasteiger partial charge in [0.1, 0.15) is 8.07 Å². The Hall–Kier alpha value is -1.34. The van der Waals surface area contributed by atoms with Crippen molar-refractivity contribution in [2.75, 3.05) is 0 Å². The van der Waals surface area contributed by atoms with Crippen molar-refractivity contribution in [3.8, 4) is 0 Å². The Morgan fingerprint density at radius 3 is 1.59 bits per heavy atom. The van der Waals surface area contributed by atoms with Gasteiger partial charge in [0.25, 0.3) is 0 Å². The molecule has 0 aromatic heterocycles. The molecule has 1 saturated heterocycles. The summed E-state index contributed by atoms with van der Waals surface area (Å²) in [5.74, 6) is 0. The third-order valence-corrected chi connectivity index (χ3v) is 10.2. The summed E-state index contributed by atoms with van der Waals surface area (Å²) in [4.78, 5) is 0. The Morgan fingerprint density at radius 2 is 1.29 bits per heavy atom. The van der Waals surface area contributed by atoms with Crippen molar-refractivity contribution >= 4 is 18.4 Å². The Bertz CT molecular complexity index is 450. The summed E-state index contributed by atoms with van der Waals surface area (Å²) in [5.41, 5.74) is 0.882. The minimum absolute atomic E-state index is 0.882. The van der Waals surface area contributed by atoms with E-state index in [0.29, 0.717) is 0 Å². The van der Waals surface area contributed by atoms with E-state index in [1.165, 1.54) is 12.5 Å². The minimum Gasteiger partial charge on any atom is -0.0643 e. The second kappa shape index (κ2) is 4.15. The molecule has 1 atom stereocenters. The van der Waals surface area contributed by atoms with Gasteiger partial charge in [0.2, 0.25) is 0 Å². The van der Waals surface area contributed by atoms with Gasteiger partial charge < -0.3 is 0 Å². The summed E-state index contributed by atoms with van der Waals surface area (Å²) in [6, 6.07) is 23.8. The number of hydrogen-bond acceptors (Lipinski definition) is 0. The maximum Gasteiger partial charge on any atom is 0.120 e. The molecule has 0 bridgehead atoms. The molecular weight excluding hydrogens is 220 g/mol. The van der Waals surface area contributed by atoms with Crippen LogP contribution in [-0.2, 0) is 0 Å². The van der Waals surface area contributed by atoms with E-state index < -0.39 is 8.07 Å². The van der Waals surface area contributed by atoms with E-state index in [2.05, 4.69) is 67.6 Å². The SMILES string of the molecule is CC1CC[Si]1(c1ccccc1)c1ccccc1. The molecule has 17 heavy (non-hydrogen) atoms. The van der Waals surface area contributed by atoms with Crippen LogP contribution in [0.25, 0.3) is 0 Å². The number of rotatable bonds is 2. The van der Waals surface area contributed by atoms with Crippen molar-refractivity contribution < 1.29 is 0 Å². The largest absolute Gasteiger partial charge is 0.120 e.